The van der Waals surface area contributed by atoms with Crippen LogP contribution in [-0.4, -0.2) is 6.61 Å². The van der Waals surface area contributed by atoms with Gasteiger partial charge in [0, 0.05) is 11.6 Å². The fraction of sp³-hybridized carbons (Fsp3) is 0.438. The van der Waals surface area contributed by atoms with Crippen LogP contribution < -0.4 is 9.47 Å². The smallest absolute Gasteiger partial charge is 0.168 e. The van der Waals surface area contributed by atoms with Gasteiger partial charge in [-0.3, -0.25) is 0 Å². The highest BCUT2D eigenvalue weighted by molar-refractivity contribution is 5.65. The van der Waals surface area contributed by atoms with E-state index in [0.717, 1.165) is 37.2 Å². The maximum absolute atomic E-state index is 15.1. The first-order valence-electron chi connectivity index (χ1n) is 13.6. The van der Waals surface area contributed by atoms with Gasteiger partial charge in [-0.15, -0.1) is 0 Å². The quantitative estimate of drug-likeness (QED) is 0.239. The molecular weight excluding hydrogens is 473 g/mol. The lowest BCUT2D eigenvalue weighted by Gasteiger charge is -2.29. The predicted octanol–water partition coefficient (Wildman–Crippen LogP) is 9.60. The van der Waals surface area contributed by atoms with E-state index in [-0.39, 0.29) is 23.8 Å². The Morgan fingerprint density at radius 3 is 2.22 bits per heavy atom. The summed E-state index contributed by atoms with van der Waals surface area (Å²) in [5.74, 6) is -0.603. The van der Waals surface area contributed by atoms with E-state index >= 15 is 8.78 Å². The zero-order valence-electron chi connectivity index (χ0n) is 21.9. The van der Waals surface area contributed by atoms with Crippen LogP contribution in [-0.2, 0) is 6.61 Å². The summed E-state index contributed by atoms with van der Waals surface area (Å²) >= 11 is 0. The number of hydrogen-bond donors (Lipinski definition) is 0. The zero-order valence-corrected chi connectivity index (χ0v) is 21.9. The molecule has 0 bridgehead atoms. The van der Waals surface area contributed by atoms with Crippen LogP contribution in [0.5, 0.6) is 11.5 Å². The van der Waals surface area contributed by atoms with Gasteiger partial charge in [-0.05, 0) is 73.3 Å². The number of rotatable bonds is 11. The second-order valence-corrected chi connectivity index (χ2v) is 10.1. The average Bonchev–Trinajstić information content (AvgIpc) is 2.91. The van der Waals surface area contributed by atoms with Crippen LogP contribution in [0, 0.1) is 23.4 Å². The molecule has 3 aromatic rings. The molecule has 1 fully saturated rings. The summed E-state index contributed by atoms with van der Waals surface area (Å²) in [6.07, 6.45) is 9.08. The third-order valence-electron chi connectivity index (χ3n) is 7.49. The Bertz CT molecular complexity index is 1150. The first-order chi connectivity index (χ1) is 18.0. The van der Waals surface area contributed by atoms with E-state index in [4.69, 9.17) is 9.47 Å². The average molecular weight is 511 g/mol. The van der Waals surface area contributed by atoms with Crippen LogP contribution in [0.1, 0.15) is 82.3 Å². The molecule has 1 saturated carbocycles. The minimum absolute atomic E-state index is 0.0912. The SMILES string of the molecule is CCCCCC1CCC(c2ccc(-c3ccc(COc4ccc(OCC)cc4F)cc3)c(F)c2F)CC1. The van der Waals surface area contributed by atoms with E-state index in [2.05, 4.69) is 6.92 Å². The first-order valence-corrected chi connectivity index (χ1v) is 13.6. The molecule has 0 aromatic heterocycles. The molecule has 3 aromatic carbocycles. The van der Waals surface area contributed by atoms with Crippen LogP contribution >= 0.6 is 0 Å². The molecule has 1 aliphatic carbocycles. The number of hydrogen-bond acceptors (Lipinski definition) is 2. The summed E-state index contributed by atoms with van der Waals surface area (Å²) < 4.78 is 55.4. The molecule has 4 rings (SSSR count). The first kappa shape index (κ1) is 27.1. The molecule has 0 N–H and O–H groups in total. The van der Waals surface area contributed by atoms with Crippen molar-refractivity contribution in [3.8, 4) is 22.6 Å². The van der Waals surface area contributed by atoms with Gasteiger partial charge in [0.05, 0.1) is 6.61 Å². The van der Waals surface area contributed by atoms with Crippen molar-refractivity contribution in [2.45, 2.75) is 77.7 Å². The minimum Gasteiger partial charge on any atom is -0.494 e. The Hall–Kier alpha value is -2.95. The predicted molar refractivity (Wildman–Crippen MR) is 143 cm³/mol. The highest BCUT2D eigenvalue weighted by Crippen LogP contribution is 2.40. The van der Waals surface area contributed by atoms with E-state index in [0.29, 0.717) is 23.5 Å². The molecule has 198 valence electrons. The fourth-order valence-corrected chi connectivity index (χ4v) is 5.34. The van der Waals surface area contributed by atoms with Crippen molar-refractivity contribution < 1.29 is 22.6 Å². The van der Waals surface area contributed by atoms with Gasteiger partial charge < -0.3 is 9.47 Å². The molecule has 37 heavy (non-hydrogen) atoms. The van der Waals surface area contributed by atoms with E-state index in [1.807, 2.05) is 6.92 Å². The normalized spacial score (nSPS) is 17.5. The Balaban J connectivity index is 1.37. The fourth-order valence-electron chi connectivity index (χ4n) is 5.34. The largest absolute Gasteiger partial charge is 0.494 e. The van der Waals surface area contributed by atoms with Crippen molar-refractivity contribution in [1.82, 2.24) is 0 Å². The van der Waals surface area contributed by atoms with Crippen molar-refractivity contribution >= 4 is 0 Å². The van der Waals surface area contributed by atoms with Gasteiger partial charge in [-0.1, -0.05) is 69.0 Å². The number of unbranched alkanes of at least 4 members (excludes halogenated alkanes) is 2. The van der Waals surface area contributed by atoms with Crippen molar-refractivity contribution in [3.05, 3.63) is 83.2 Å². The Morgan fingerprint density at radius 1 is 0.784 bits per heavy atom. The van der Waals surface area contributed by atoms with Crippen LogP contribution in [0.4, 0.5) is 13.2 Å². The van der Waals surface area contributed by atoms with E-state index in [1.54, 1.807) is 42.5 Å². The maximum Gasteiger partial charge on any atom is 0.168 e. The van der Waals surface area contributed by atoms with Crippen LogP contribution in [0.15, 0.2) is 54.6 Å². The summed E-state index contributed by atoms with van der Waals surface area (Å²) in [5.41, 5.74) is 2.15. The van der Waals surface area contributed by atoms with E-state index in [1.165, 1.54) is 37.8 Å². The van der Waals surface area contributed by atoms with Crippen LogP contribution in [0.25, 0.3) is 11.1 Å². The molecule has 5 heteroatoms. The lowest BCUT2D eigenvalue weighted by atomic mass is 9.76. The van der Waals surface area contributed by atoms with Crippen LogP contribution in [0.2, 0.25) is 0 Å². The van der Waals surface area contributed by atoms with Gasteiger partial charge in [0.25, 0.3) is 0 Å². The highest BCUT2D eigenvalue weighted by Gasteiger charge is 2.26. The zero-order chi connectivity index (χ0) is 26.2. The maximum atomic E-state index is 15.1. The van der Waals surface area contributed by atoms with E-state index in [9.17, 15) is 4.39 Å². The molecule has 0 unspecified atom stereocenters. The second kappa shape index (κ2) is 13.0. The summed E-state index contributed by atoms with van der Waals surface area (Å²) in [5, 5.41) is 0. The van der Waals surface area contributed by atoms with Gasteiger partial charge in [0.2, 0.25) is 0 Å². The topological polar surface area (TPSA) is 18.5 Å². The van der Waals surface area contributed by atoms with Crippen molar-refractivity contribution in [1.29, 1.82) is 0 Å². The summed E-state index contributed by atoms with van der Waals surface area (Å²) in [6, 6.07) is 15.0. The Kier molecular flexibility index (Phi) is 9.54. The summed E-state index contributed by atoms with van der Waals surface area (Å²) in [4.78, 5) is 0. The Labute approximate surface area is 218 Å². The highest BCUT2D eigenvalue weighted by atomic mass is 19.2. The van der Waals surface area contributed by atoms with Gasteiger partial charge >= 0.3 is 0 Å². The molecule has 0 heterocycles. The molecular formula is C32H37F3O2. The van der Waals surface area contributed by atoms with Crippen LogP contribution in [0.3, 0.4) is 0 Å². The van der Waals surface area contributed by atoms with Gasteiger partial charge in [-0.2, -0.15) is 0 Å². The van der Waals surface area contributed by atoms with Gasteiger partial charge in [-0.25, -0.2) is 13.2 Å². The molecule has 0 amide bonds. The third-order valence-corrected chi connectivity index (χ3v) is 7.49. The summed E-state index contributed by atoms with van der Waals surface area (Å²) in [7, 11) is 0. The number of ether oxygens (including phenoxy) is 2. The standard InChI is InChI=1S/C32H37F3O2/c1-3-5-6-7-22-8-12-24(13-9-22)27-17-18-28(32(35)31(27)34)25-14-10-23(11-15-25)21-37-30-19-16-26(36-4-2)20-29(30)33/h10-11,14-20,22,24H,3-9,12-13,21H2,1-2H3. The van der Waals surface area contributed by atoms with Crippen molar-refractivity contribution in [3.63, 3.8) is 0 Å². The molecule has 0 saturated heterocycles. The molecule has 0 aliphatic heterocycles. The minimum atomic E-state index is -0.789. The monoisotopic (exact) mass is 510 g/mol. The lowest BCUT2D eigenvalue weighted by molar-refractivity contribution is 0.287. The second-order valence-electron chi connectivity index (χ2n) is 10.1. The molecule has 0 atom stereocenters. The lowest BCUT2D eigenvalue weighted by Crippen LogP contribution is -2.15. The molecule has 1 aliphatic rings. The van der Waals surface area contributed by atoms with E-state index < -0.39 is 17.5 Å². The molecule has 0 spiro atoms. The number of benzene rings is 3. The molecule has 2 nitrogen and oxygen atoms in total. The third kappa shape index (κ3) is 6.88. The Morgan fingerprint density at radius 2 is 1.54 bits per heavy atom. The van der Waals surface area contributed by atoms with Gasteiger partial charge in [0.15, 0.2) is 23.2 Å². The summed E-state index contributed by atoms with van der Waals surface area (Å²) in [6.45, 7) is 4.66. The number of halogens is 3. The van der Waals surface area contributed by atoms with Gasteiger partial charge in [0.1, 0.15) is 12.4 Å². The van der Waals surface area contributed by atoms with Crippen molar-refractivity contribution in [2.75, 3.05) is 6.61 Å². The van der Waals surface area contributed by atoms with Crippen molar-refractivity contribution in [2.24, 2.45) is 5.92 Å². The molecule has 0 radical (unpaired) electrons.